The maximum absolute atomic E-state index is 11.1. The number of fused-ring (bicyclic) bond motifs is 2. The van der Waals surface area contributed by atoms with Gasteiger partial charge in [0.15, 0.2) is 0 Å². The summed E-state index contributed by atoms with van der Waals surface area (Å²) in [6, 6.07) is 0. The largest absolute Gasteiger partial charge is 0.405 e. The van der Waals surface area contributed by atoms with Crippen LogP contribution in [0.3, 0.4) is 0 Å². The summed E-state index contributed by atoms with van der Waals surface area (Å²) in [5.74, 6) is 0.634. The smallest absolute Gasteiger partial charge is 0.312 e. The van der Waals surface area contributed by atoms with Crippen molar-refractivity contribution in [3.8, 4) is 0 Å². The van der Waals surface area contributed by atoms with Gasteiger partial charge < -0.3 is 4.62 Å². The zero-order valence-corrected chi connectivity index (χ0v) is 11.0. The molecule has 0 aliphatic heterocycles. The third kappa shape index (κ3) is 1.62. The number of hydrogen-bond acceptors (Lipinski definition) is 3. The quantitative estimate of drug-likeness (QED) is 0.576. The first-order valence-electron chi connectivity index (χ1n) is 5.60. The van der Waals surface area contributed by atoms with E-state index < -0.39 is 7.67 Å². The zero-order chi connectivity index (χ0) is 12.2. The Labute approximate surface area is 96.1 Å². The second-order valence-corrected chi connectivity index (χ2v) is 7.21. The first-order chi connectivity index (χ1) is 7.17. The van der Waals surface area contributed by atoms with Crippen molar-refractivity contribution in [1.29, 1.82) is 0 Å². The van der Waals surface area contributed by atoms with E-state index in [1.54, 1.807) is 0 Å². The Morgan fingerprint density at radius 2 is 2.06 bits per heavy atom. The average molecular weight is 245 g/mol. The van der Waals surface area contributed by atoms with Gasteiger partial charge in [0.1, 0.15) is 0 Å². The molecule has 2 fully saturated rings. The molecule has 2 rings (SSSR count). The molecule has 0 aromatic rings. The molecule has 0 radical (unpaired) electrons. The Bertz CT molecular complexity index is 388. The highest BCUT2D eigenvalue weighted by Crippen LogP contribution is 2.64. The van der Waals surface area contributed by atoms with Crippen molar-refractivity contribution in [3.63, 3.8) is 0 Å². The van der Waals surface area contributed by atoms with Gasteiger partial charge in [-0.15, -0.1) is 0 Å². The van der Waals surface area contributed by atoms with Crippen molar-refractivity contribution in [3.05, 3.63) is 0 Å². The van der Waals surface area contributed by atoms with Gasteiger partial charge in [-0.2, -0.15) is 0 Å². The van der Waals surface area contributed by atoms with E-state index >= 15 is 0 Å². The molecule has 0 aromatic carbocycles. The molecule has 2 saturated carbocycles. The molecule has 4 N–H and O–H groups in total. The lowest BCUT2D eigenvalue weighted by Gasteiger charge is -2.34. The van der Waals surface area contributed by atoms with Crippen LogP contribution in [0.15, 0.2) is 5.16 Å². The molecule has 2 aliphatic rings. The topological polar surface area (TPSA) is 90.7 Å². The first-order valence-corrected chi connectivity index (χ1v) is 7.36. The maximum atomic E-state index is 11.1. The molecule has 0 aromatic heterocycles. The van der Waals surface area contributed by atoms with Crippen LogP contribution in [0.2, 0.25) is 0 Å². The highest BCUT2D eigenvalue weighted by molar-refractivity contribution is 7.53. The fourth-order valence-electron chi connectivity index (χ4n) is 3.18. The van der Waals surface area contributed by atoms with Gasteiger partial charge in [0.05, 0.1) is 5.71 Å². The lowest BCUT2D eigenvalue weighted by Crippen LogP contribution is -2.32. The van der Waals surface area contributed by atoms with Crippen molar-refractivity contribution >= 4 is 13.4 Å². The number of hydrogen-bond donors (Lipinski definition) is 2. The molecule has 0 amide bonds. The van der Waals surface area contributed by atoms with Crippen molar-refractivity contribution in [1.82, 2.24) is 0 Å². The van der Waals surface area contributed by atoms with Crippen molar-refractivity contribution in [2.24, 2.45) is 32.9 Å². The summed E-state index contributed by atoms with van der Waals surface area (Å²) in [5.41, 5.74) is 11.5. The Hall–Kier alpha value is -0.380. The van der Waals surface area contributed by atoms with Gasteiger partial charge in [0.25, 0.3) is 0 Å². The second kappa shape index (κ2) is 3.31. The van der Waals surface area contributed by atoms with E-state index in [-0.39, 0.29) is 10.8 Å². The van der Waals surface area contributed by atoms with E-state index in [0.717, 1.165) is 18.6 Å². The lowest BCUT2D eigenvalue weighted by molar-refractivity contribution is 0.191. The molecule has 5 nitrogen and oxygen atoms in total. The summed E-state index contributed by atoms with van der Waals surface area (Å²) < 4.78 is 15.8. The number of nitrogens with zero attached hydrogens (tertiary/aromatic N) is 1. The standard InChI is InChI=1S/C10H20N3O2P/c1-9(2)7-4-5-10(9,3)8(6-7)13-15-16(11,12)14/h7H,4-6H2,1-3H3,(H4,11,12,14). The van der Waals surface area contributed by atoms with Crippen LogP contribution in [0.5, 0.6) is 0 Å². The van der Waals surface area contributed by atoms with E-state index in [1.165, 1.54) is 6.42 Å². The van der Waals surface area contributed by atoms with Crippen LogP contribution in [-0.4, -0.2) is 5.71 Å². The van der Waals surface area contributed by atoms with Gasteiger partial charge in [-0.25, -0.2) is 15.6 Å². The molecule has 92 valence electrons. The minimum atomic E-state index is -3.50. The Morgan fingerprint density at radius 3 is 2.44 bits per heavy atom. The second-order valence-electron chi connectivity index (χ2n) is 5.76. The van der Waals surface area contributed by atoms with Crippen LogP contribution in [0, 0.1) is 16.7 Å². The fourth-order valence-corrected chi connectivity index (χ4v) is 3.41. The van der Waals surface area contributed by atoms with Crippen LogP contribution in [0.4, 0.5) is 0 Å². The van der Waals surface area contributed by atoms with Gasteiger partial charge in [-0.05, 0) is 30.6 Å². The zero-order valence-electron chi connectivity index (χ0n) is 10.1. The van der Waals surface area contributed by atoms with E-state index in [1.807, 2.05) is 0 Å². The number of rotatable bonds is 2. The summed E-state index contributed by atoms with van der Waals surface area (Å²) in [7, 11) is -3.50. The minimum absolute atomic E-state index is 0.0346. The number of nitrogens with two attached hydrogens (primary N) is 2. The molecule has 2 bridgehead atoms. The van der Waals surface area contributed by atoms with Crippen LogP contribution >= 0.6 is 7.67 Å². The molecule has 2 atom stereocenters. The van der Waals surface area contributed by atoms with Crippen LogP contribution in [-0.2, 0) is 9.19 Å². The van der Waals surface area contributed by atoms with Crippen LogP contribution < -0.4 is 11.0 Å². The fraction of sp³-hybridized carbons (Fsp3) is 0.900. The van der Waals surface area contributed by atoms with Crippen LogP contribution in [0.1, 0.15) is 40.0 Å². The lowest BCUT2D eigenvalue weighted by atomic mass is 9.70. The Kier molecular flexibility index (Phi) is 2.50. The predicted molar refractivity (Wildman–Crippen MR) is 63.7 cm³/mol. The summed E-state index contributed by atoms with van der Waals surface area (Å²) in [4.78, 5) is 0. The summed E-state index contributed by atoms with van der Waals surface area (Å²) >= 11 is 0. The summed E-state index contributed by atoms with van der Waals surface area (Å²) in [6.07, 6.45) is 3.24. The molecule has 6 heteroatoms. The number of oxime groups is 1. The van der Waals surface area contributed by atoms with E-state index in [0.29, 0.717) is 5.92 Å². The van der Waals surface area contributed by atoms with Crippen LogP contribution in [0.25, 0.3) is 0 Å². The van der Waals surface area contributed by atoms with E-state index in [9.17, 15) is 4.57 Å². The van der Waals surface area contributed by atoms with E-state index in [2.05, 4.69) is 25.9 Å². The summed E-state index contributed by atoms with van der Waals surface area (Å²) in [5, 5.41) is 3.95. The normalized spacial score (nSPS) is 39.3. The average Bonchev–Trinajstić information content (AvgIpc) is 2.45. The Morgan fingerprint density at radius 1 is 1.44 bits per heavy atom. The van der Waals surface area contributed by atoms with Gasteiger partial charge in [-0.1, -0.05) is 25.9 Å². The van der Waals surface area contributed by atoms with Gasteiger partial charge in [0, 0.05) is 5.41 Å². The molecule has 2 unspecified atom stereocenters. The molecular formula is C10H20N3O2P. The molecule has 0 spiro atoms. The molecule has 0 saturated heterocycles. The molecule has 0 heterocycles. The van der Waals surface area contributed by atoms with Crippen molar-refractivity contribution in [2.45, 2.75) is 40.0 Å². The van der Waals surface area contributed by atoms with Crippen molar-refractivity contribution in [2.75, 3.05) is 0 Å². The maximum Gasteiger partial charge on any atom is 0.405 e. The van der Waals surface area contributed by atoms with E-state index in [4.69, 9.17) is 15.6 Å². The molecular weight excluding hydrogens is 225 g/mol. The summed E-state index contributed by atoms with van der Waals surface area (Å²) in [6.45, 7) is 6.72. The SMILES string of the molecule is CC12CCC(CC1=NOP(N)(N)=O)C2(C)C. The molecule has 16 heavy (non-hydrogen) atoms. The van der Waals surface area contributed by atoms with Gasteiger partial charge in [-0.3, -0.25) is 0 Å². The molecule has 2 aliphatic carbocycles. The first kappa shape index (κ1) is 12.1. The predicted octanol–water partition coefficient (Wildman–Crippen LogP) is 2.23. The third-order valence-electron chi connectivity index (χ3n) is 4.79. The minimum Gasteiger partial charge on any atom is -0.312 e. The monoisotopic (exact) mass is 245 g/mol. The van der Waals surface area contributed by atoms with Crippen molar-refractivity contribution < 1.29 is 9.19 Å². The third-order valence-corrected chi connectivity index (χ3v) is 5.13. The highest BCUT2D eigenvalue weighted by atomic mass is 31.2. The highest BCUT2D eigenvalue weighted by Gasteiger charge is 2.60. The Balaban J connectivity index is 2.25. The van der Waals surface area contributed by atoms with Gasteiger partial charge >= 0.3 is 7.67 Å². The van der Waals surface area contributed by atoms with Gasteiger partial charge in [0.2, 0.25) is 0 Å².